The predicted octanol–water partition coefficient (Wildman–Crippen LogP) is 1.31. The van der Waals surface area contributed by atoms with Gasteiger partial charge in [-0.15, -0.1) is 0 Å². The van der Waals surface area contributed by atoms with Crippen molar-refractivity contribution in [3.8, 4) is 0 Å². The highest BCUT2D eigenvalue weighted by molar-refractivity contribution is 9.09. The minimum Gasteiger partial charge on any atom is -0.350 e. The highest BCUT2D eigenvalue weighted by Crippen LogP contribution is 2.36. The molecule has 0 radical (unpaired) electrons. The number of hydrogen-bond donors (Lipinski definition) is 2. The summed E-state index contributed by atoms with van der Waals surface area (Å²) in [7, 11) is 0. The molecule has 76 valence electrons. The summed E-state index contributed by atoms with van der Waals surface area (Å²) in [5.74, 6) is 0.657. The summed E-state index contributed by atoms with van der Waals surface area (Å²) in [6.45, 7) is 0.683. The average molecular weight is 258 g/mol. The van der Waals surface area contributed by atoms with Crippen LogP contribution in [0.1, 0.15) is 23.3 Å². The van der Waals surface area contributed by atoms with Crippen LogP contribution < -0.4 is 5.32 Å². The minimum atomic E-state index is -0.0902. The molecule has 5 heteroatoms. The molecule has 0 aliphatic heterocycles. The van der Waals surface area contributed by atoms with Gasteiger partial charge >= 0.3 is 0 Å². The van der Waals surface area contributed by atoms with Gasteiger partial charge in [-0.25, -0.2) is 0 Å². The highest BCUT2D eigenvalue weighted by atomic mass is 79.9. The average Bonchev–Trinajstić information content (AvgIpc) is 2.90. The van der Waals surface area contributed by atoms with Gasteiger partial charge in [-0.05, 0) is 24.8 Å². The lowest BCUT2D eigenvalue weighted by atomic mass is 10.3. The number of nitrogens with zero attached hydrogens (tertiary/aromatic N) is 1. The number of halogens is 1. The zero-order valence-corrected chi connectivity index (χ0v) is 9.25. The molecule has 1 saturated carbocycles. The lowest BCUT2D eigenvalue weighted by Crippen LogP contribution is -2.30. The molecule has 14 heavy (non-hydrogen) atoms. The molecule has 1 aromatic rings. The number of hydrogen-bond acceptors (Lipinski definition) is 2. The van der Waals surface area contributed by atoms with Crippen LogP contribution in [0.3, 0.4) is 0 Å². The van der Waals surface area contributed by atoms with E-state index in [1.807, 2.05) is 0 Å². The van der Waals surface area contributed by atoms with Gasteiger partial charge in [0, 0.05) is 17.6 Å². The van der Waals surface area contributed by atoms with Gasteiger partial charge in [0.25, 0.3) is 5.91 Å². The number of nitrogens with one attached hydrogen (secondary N) is 2. The molecule has 1 heterocycles. The summed E-state index contributed by atoms with van der Waals surface area (Å²) in [5.41, 5.74) is 0.514. The molecule has 0 aromatic carbocycles. The van der Waals surface area contributed by atoms with Gasteiger partial charge in [0.15, 0.2) is 0 Å². The molecule has 1 fully saturated rings. The second-order valence-corrected chi connectivity index (χ2v) is 4.71. The first-order chi connectivity index (χ1) is 6.77. The zero-order valence-electron chi connectivity index (χ0n) is 7.66. The Morgan fingerprint density at radius 3 is 3.14 bits per heavy atom. The molecule has 2 N–H and O–H groups in total. The van der Waals surface area contributed by atoms with Crippen molar-refractivity contribution in [1.29, 1.82) is 0 Å². The number of H-pyrrole nitrogens is 1. The smallest absolute Gasteiger partial charge is 0.269 e. The summed E-state index contributed by atoms with van der Waals surface area (Å²) in [6, 6.07) is 1.66. The van der Waals surface area contributed by atoms with Crippen molar-refractivity contribution in [2.45, 2.75) is 17.7 Å². The Morgan fingerprint density at radius 1 is 1.79 bits per heavy atom. The topological polar surface area (TPSA) is 57.8 Å². The lowest BCUT2D eigenvalue weighted by Gasteiger charge is -2.08. The summed E-state index contributed by atoms with van der Waals surface area (Å²) in [6.07, 6.45) is 4.12. The predicted molar refractivity (Wildman–Crippen MR) is 56.4 cm³/mol. The Hall–Kier alpha value is -0.840. The third-order valence-corrected chi connectivity index (χ3v) is 3.41. The maximum absolute atomic E-state index is 11.5. The SMILES string of the molecule is O=C(NCC(Br)C1CC1)c1ccn[nH]1. The molecule has 1 aromatic heterocycles. The van der Waals surface area contributed by atoms with Crippen molar-refractivity contribution in [2.75, 3.05) is 6.54 Å². The van der Waals surface area contributed by atoms with E-state index in [0.29, 0.717) is 17.1 Å². The lowest BCUT2D eigenvalue weighted by molar-refractivity contribution is 0.0948. The number of aromatic amines is 1. The number of rotatable bonds is 4. The molecular formula is C9H12BrN3O. The van der Waals surface area contributed by atoms with E-state index in [2.05, 4.69) is 31.4 Å². The molecule has 1 atom stereocenters. The van der Waals surface area contributed by atoms with E-state index >= 15 is 0 Å². The fourth-order valence-electron chi connectivity index (χ4n) is 1.29. The van der Waals surface area contributed by atoms with Crippen molar-refractivity contribution in [3.63, 3.8) is 0 Å². The largest absolute Gasteiger partial charge is 0.350 e. The van der Waals surface area contributed by atoms with Gasteiger partial charge in [-0.2, -0.15) is 5.10 Å². The van der Waals surface area contributed by atoms with Gasteiger partial charge in [0.05, 0.1) is 0 Å². The number of carbonyl (C=O) groups is 1. The molecular weight excluding hydrogens is 246 g/mol. The summed E-state index contributed by atoms with van der Waals surface area (Å²) < 4.78 is 0. The van der Waals surface area contributed by atoms with Crippen molar-refractivity contribution < 1.29 is 4.79 Å². The quantitative estimate of drug-likeness (QED) is 0.800. The van der Waals surface area contributed by atoms with Crippen molar-refractivity contribution >= 4 is 21.8 Å². The van der Waals surface area contributed by atoms with Crippen LogP contribution in [-0.2, 0) is 0 Å². The first kappa shape index (κ1) is 9.71. The van der Waals surface area contributed by atoms with E-state index in [0.717, 1.165) is 5.92 Å². The highest BCUT2D eigenvalue weighted by Gasteiger charge is 2.29. The number of aromatic nitrogens is 2. The Bertz CT molecular complexity index is 308. The van der Waals surface area contributed by atoms with Crippen LogP contribution >= 0.6 is 15.9 Å². The van der Waals surface area contributed by atoms with Gasteiger partial charge < -0.3 is 5.32 Å². The minimum absolute atomic E-state index is 0.0902. The number of carbonyl (C=O) groups excluding carboxylic acids is 1. The van der Waals surface area contributed by atoms with Crippen LogP contribution in [0.25, 0.3) is 0 Å². The summed E-state index contributed by atoms with van der Waals surface area (Å²) >= 11 is 3.56. The van der Waals surface area contributed by atoms with E-state index in [4.69, 9.17) is 0 Å². The molecule has 2 rings (SSSR count). The maximum Gasteiger partial charge on any atom is 0.269 e. The van der Waals surface area contributed by atoms with Crippen LogP contribution in [0.2, 0.25) is 0 Å². The normalized spacial score (nSPS) is 17.8. The van der Waals surface area contributed by atoms with E-state index in [1.54, 1.807) is 12.3 Å². The van der Waals surface area contributed by atoms with Gasteiger partial charge in [-0.3, -0.25) is 9.89 Å². The van der Waals surface area contributed by atoms with Crippen LogP contribution in [0.4, 0.5) is 0 Å². The second-order valence-electron chi connectivity index (χ2n) is 3.53. The summed E-state index contributed by atoms with van der Waals surface area (Å²) in [4.78, 5) is 11.9. The Morgan fingerprint density at radius 2 is 2.57 bits per heavy atom. The number of alkyl halides is 1. The molecule has 1 unspecified atom stereocenters. The molecule has 4 nitrogen and oxygen atoms in total. The zero-order chi connectivity index (χ0) is 9.97. The van der Waals surface area contributed by atoms with Crippen LogP contribution in [0.5, 0.6) is 0 Å². The second kappa shape index (κ2) is 4.13. The van der Waals surface area contributed by atoms with Gasteiger partial charge in [0.1, 0.15) is 5.69 Å². The fourth-order valence-corrected chi connectivity index (χ4v) is 1.98. The maximum atomic E-state index is 11.5. The molecule has 0 bridgehead atoms. The third-order valence-electron chi connectivity index (χ3n) is 2.34. The standard InChI is InChI=1S/C9H12BrN3O/c10-7(6-1-2-6)5-11-9(14)8-3-4-12-13-8/h3-4,6-7H,1-2,5H2,(H,11,14)(H,12,13). The molecule has 1 aliphatic rings. The Labute approximate surface area is 90.6 Å². The third kappa shape index (κ3) is 2.35. The van der Waals surface area contributed by atoms with E-state index in [1.165, 1.54) is 12.8 Å². The monoisotopic (exact) mass is 257 g/mol. The van der Waals surface area contributed by atoms with Crippen molar-refractivity contribution in [3.05, 3.63) is 18.0 Å². The summed E-state index contributed by atoms with van der Waals surface area (Å²) in [5, 5.41) is 9.20. The van der Waals surface area contributed by atoms with Gasteiger partial charge in [0.2, 0.25) is 0 Å². The van der Waals surface area contributed by atoms with Gasteiger partial charge in [-0.1, -0.05) is 15.9 Å². The first-order valence-corrected chi connectivity index (χ1v) is 5.60. The first-order valence-electron chi connectivity index (χ1n) is 4.69. The Kier molecular flexibility index (Phi) is 2.86. The van der Waals surface area contributed by atoms with Crippen molar-refractivity contribution in [1.82, 2.24) is 15.5 Å². The molecule has 0 spiro atoms. The van der Waals surface area contributed by atoms with E-state index < -0.39 is 0 Å². The van der Waals surface area contributed by atoms with Crippen LogP contribution in [0, 0.1) is 5.92 Å². The molecule has 1 aliphatic carbocycles. The van der Waals surface area contributed by atoms with Crippen LogP contribution in [0.15, 0.2) is 12.3 Å². The Balaban J connectivity index is 1.77. The van der Waals surface area contributed by atoms with Crippen LogP contribution in [-0.4, -0.2) is 27.5 Å². The fraction of sp³-hybridized carbons (Fsp3) is 0.556. The molecule has 1 amide bonds. The number of amides is 1. The van der Waals surface area contributed by atoms with E-state index in [9.17, 15) is 4.79 Å². The van der Waals surface area contributed by atoms with Crippen molar-refractivity contribution in [2.24, 2.45) is 5.92 Å². The molecule has 0 saturated heterocycles. The van der Waals surface area contributed by atoms with E-state index in [-0.39, 0.29) is 5.91 Å².